The van der Waals surface area contributed by atoms with E-state index in [-0.39, 0.29) is 23.3 Å². The normalized spacial score (nSPS) is 13.6. The van der Waals surface area contributed by atoms with Crippen molar-refractivity contribution in [2.75, 3.05) is 58.0 Å². The Bertz CT molecular complexity index is 1660. The Hall–Kier alpha value is -3.95. The number of phenols is 1. The number of ether oxygens (including phenoxy) is 2. The third-order valence-corrected chi connectivity index (χ3v) is 8.50. The maximum Gasteiger partial charge on any atom is 0.252 e. The number of aliphatic imine (C=N–C) groups is 1. The van der Waals surface area contributed by atoms with Crippen molar-refractivity contribution < 1.29 is 19.4 Å². The minimum atomic E-state index is -0.351. The molecule has 0 unspecified atom stereocenters. The van der Waals surface area contributed by atoms with E-state index in [1.54, 1.807) is 13.3 Å². The molecule has 0 spiro atoms. The second kappa shape index (κ2) is 15.4. The van der Waals surface area contributed by atoms with Crippen LogP contribution in [0.15, 0.2) is 83.9 Å². The average molecular weight is 668 g/mol. The molecule has 4 aromatic rings. The summed E-state index contributed by atoms with van der Waals surface area (Å²) < 4.78 is 12.2. The number of halogens is 3. The third kappa shape index (κ3) is 8.41. The summed E-state index contributed by atoms with van der Waals surface area (Å²) in [5, 5.41) is 13.5. The van der Waals surface area contributed by atoms with Gasteiger partial charge in [-0.15, -0.1) is 0 Å². The molecular formula is C34H33Cl3N4O4. The van der Waals surface area contributed by atoms with E-state index in [9.17, 15) is 9.90 Å². The second-order valence-electron chi connectivity index (χ2n) is 10.4. The van der Waals surface area contributed by atoms with Crippen molar-refractivity contribution >= 4 is 52.6 Å². The van der Waals surface area contributed by atoms with Crippen molar-refractivity contribution in [3.8, 4) is 28.4 Å². The van der Waals surface area contributed by atoms with E-state index in [1.165, 1.54) is 18.2 Å². The number of anilines is 1. The van der Waals surface area contributed by atoms with E-state index in [1.807, 2.05) is 60.7 Å². The van der Waals surface area contributed by atoms with E-state index in [4.69, 9.17) is 44.3 Å². The largest absolute Gasteiger partial charge is 0.506 e. The van der Waals surface area contributed by atoms with Crippen molar-refractivity contribution in [2.24, 2.45) is 4.99 Å². The smallest absolute Gasteiger partial charge is 0.252 e. The molecule has 1 fully saturated rings. The van der Waals surface area contributed by atoms with Crippen molar-refractivity contribution in [3.63, 3.8) is 0 Å². The molecule has 0 aromatic heterocycles. The predicted octanol–water partition coefficient (Wildman–Crippen LogP) is 7.04. The van der Waals surface area contributed by atoms with Crippen LogP contribution in [0.5, 0.6) is 17.2 Å². The predicted molar refractivity (Wildman–Crippen MR) is 182 cm³/mol. The van der Waals surface area contributed by atoms with E-state index < -0.39 is 0 Å². The first-order chi connectivity index (χ1) is 21.8. The molecule has 4 aromatic carbocycles. The van der Waals surface area contributed by atoms with Crippen LogP contribution in [0.2, 0.25) is 15.1 Å². The lowest BCUT2D eigenvalue weighted by atomic mass is 10.0. The number of methoxy groups -OCH3 is 1. The molecule has 2 N–H and O–H groups in total. The zero-order valence-electron chi connectivity index (χ0n) is 24.7. The monoisotopic (exact) mass is 666 g/mol. The Morgan fingerprint density at radius 1 is 0.933 bits per heavy atom. The number of carbonyl (C=O) groups is 1. The first-order valence-corrected chi connectivity index (χ1v) is 15.5. The summed E-state index contributed by atoms with van der Waals surface area (Å²) in [7, 11) is 1.61. The maximum absolute atomic E-state index is 12.4. The Morgan fingerprint density at radius 3 is 2.42 bits per heavy atom. The van der Waals surface area contributed by atoms with Gasteiger partial charge in [-0.2, -0.15) is 0 Å². The van der Waals surface area contributed by atoms with E-state index >= 15 is 0 Å². The highest BCUT2D eigenvalue weighted by Gasteiger charge is 2.19. The Morgan fingerprint density at radius 2 is 1.71 bits per heavy atom. The minimum Gasteiger partial charge on any atom is -0.506 e. The number of piperazine rings is 1. The SMILES string of the molecule is COc1cc(/C=N/CNC(=O)c2ccc(O)c(Cl)c2)cc(-c2ccccc2)c1OCCN1CCN(c2ccc(Cl)c(Cl)c2)CC1. The van der Waals surface area contributed by atoms with Crippen molar-refractivity contribution in [2.45, 2.75) is 0 Å². The van der Waals surface area contributed by atoms with E-state index in [2.05, 4.69) is 20.1 Å². The van der Waals surface area contributed by atoms with Gasteiger partial charge in [-0.1, -0.05) is 65.1 Å². The number of carbonyl (C=O) groups excluding carboxylic acids is 1. The standard InChI is InChI=1S/C34H33Cl3N4O4/c1-44-32-18-23(21-38-22-39-34(43)25-7-10-31(42)30(37)19-25)17-27(24-5-3-2-4-6-24)33(32)45-16-15-40-11-13-41(14-12-40)26-8-9-28(35)29(36)20-26/h2-10,17-21,42H,11-16,22H2,1H3,(H,39,43)/b38-21+. The van der Waals surface area contributed by atoms with Crippen LogP contribution in [0.1, 0.15) is 15.9 Å². The lowest BCUT2D eigenvalue weighted by Crippen LogP contribution is -2.47. The highest BCUT2D eigenvalue weighted by Crippen LogP contribution is 2.39. The van der Waals surface area contributed by atoms with Crippen LogP contribution in [-0.4, -0.2) is 75.2 Å². The lowest BCUT2D eigenvalue weighted by molar-refractivity contribution is 0.0955. The molecule has 8 nitrogen and oxygen atoms in total. The van der Waals surface area contributed by atoms with E-state index in [0.29, 0.717) is 33.7 Å². The van der Waals surface area contributed by atoms with Gasteiger partial charge in [-0.05, 0) is 59.7 Å². The van der Waals surface area contributed by atoms with E-state index in [0.717, 1.165) is 55.1 Å². The molecule has 1 aliphatic heterocycles. The van der Waals surface area contributed by atoms with Gasteiger partial charge in [-0.25, -0.2) is 0 Å². The summed E-state index contributed by atoms with van der Waals surface area (Å²) in [4.78, 5) is 21.5. The molecule has 0 aliphatic carbocycles. The van der Waals surface area contributed by atoms with Gasteiger partial charge in [0.2, 0.25) is 0 Å². The number of hydrogen-bond acceptors (Lipinski definition) is 7. The topological polar surface area (TPSA) is 86.6 Å². The Balaban J connectivity index is 1.22. The molecule has 1 aliphatic rings. The maximum atomic E-state index is 12.4. The fraction of sp³-hybridized carbons (Fsp3) is 0.235. The highest BCUT2D eigenvalue weighted by atomic mass is 35.5. The molecule has 5 rings (SSSR count). The minimum absolute atomic E-state index is 0.0525. The average Bonchev–Trinajstić information content (AvgIpc) is 3.06. The van der Waals surface area contributed by atoms with Crippen LogP contribution in [0.25, 0.3) is 11.1 Å². The second-order valence-corrected chi connectivity index (χ2v) is 11.6. The number of amides is 1. The summed E-state index contributed by atoms with van der Waals surface area (Å²) in [5.41, 5.74) is 4.05. The van der Waals surface area contributed by atoms with Crippen LogP contribution in [0.3, 0.4) is 0 Å². The fourth-order valence-corrected chi connectivity index (χ4v) is 5.51. The van der Waals surface area contributed by atoms with Gasteiger partial charge in [0.15, 0.2) is 11.5 Å². The van der Waals surface area contributed by atoms with Crippen LogP contribution in [0, 0.1) is 0 Å². The molecule has 1 heterocycles. The number of rotatable bonds is 11. The van der Waals surface area contributed by atoms with Crippen molar-refractivity contribution in [3.05, 3.63) is 105 Å². The van der Waals surface area contributed by atoms with Gasteiger partial charge in [0.25, 0.3) is 5.91 Å². The van der Waals surface area contributed by atoms with Gasteiger partial charge in [0, 0.05) is 55.8 Å². The molecule has 1 amide bonds. The van der Waals surface area contributed by atoms with Crippen molar-refractivity contribution in [1.82, 2.24) is 10.2 Å². The molecule has 11 heteroatoms. The number of aromatic hydroxyl groups is 1. The van der Waals surface area contributed by atoms with Gasteiger partial charge in [0.1, 0.15) is 19.0 Å². The summed E-state index contributed by atoms with van der Waals surface area (Å²) in [6.45, 7) is 4.87. The van der Waals surface area contributed by atoms with Crippen LogP contribution < -0.4 is 19.7 Å². The first-order valence-electron chi connectivity index (χ1n) is 14.4. The molecule has 0 saturated carbocycles. The molecule has 45 heavy (non-hydrogen) atoms. The first kappa shape index (κ1) is 32.4. The lowest BCUT2D eigenvalue weighted by Gasteiger charge is -2.36. The van der Waals surface area contributed by atoms with Gasteiger partial charge in [-0.3, -0.25) is 14.7 Å². The molecule has 1 saturated heterocycles. The van der Waals surface area contributed by atoms with Crippen LogP contribution in [-0.2, 0) is 0 Å². The Labute approximate surface area is 277 Å². The van der Waals surface area contributed by atoms with Gasteiger partial charge >= 0.3 is 0 Å². The summed E-state index contributed by atoms with van der Waals surface area (Å²) in [6.07, 6.45) is 1.68. The quantitative estimate of drug-likeness (QED) is 0.167. The zero-order chi connectivity index (χ0) is 31.8. The molecule has 0 radical (unpaired) electrons. The highest BCUT2D eigenvalue weighted by molar-refractivity contribution is 6.42. The zero-order valence-corrected chi connectivity index (χ0v) is 26.9. The number of nitrogens with zero attached hydrogens (tertiary/aromatic N) is 3. The molecule has 234 valence electrons. The number of nitrogens with one attached hydrogen (secondary N) is 1. The van der Waals surface area contributed by atoms with Crippen molar-refractivity contribution in [1.29, 1.82) is 0 Å². The summed E-state index contributed by atoms with van der Waals surface area (Å²) in [6, 6.07) is 23.9. The Kier molecular flexibility index (Phi) is 11.1. The number of benzene rings is 4. The summed E-state index contributed by atoms with van der Waals surface area (Å²) in [5.74, 6) is 0.815. The van der Waals surface area contributed by atoms with Crippen LogP contribution in [0.4, 0.5) is 5.69 Å². The number of hydrogen-bond donors (Lipinski definition) is 2. The summed E-state index contributed by atoms with van der Waals surface area (Å²) >= 11 is 18.2. The number of phenolic OH excluding ortho intramolecular Hbond substituents is 1. The van der Waals surface area contributed by atoms with Gasteiger partial charge in [0.05, 0.1) is 22.2 Å². The van der Waals surface area contributed by atoms with Gasteiger partial charge < -0.3 is 24.8 Å². The molecular weight excluding hydrogens is 635 g/mol. The third-order valence-electron chi connectivity index (χ3n) is 7.46. The fourth-order valence-electron chi connectivity index (χ4n) is 5.04. The molecule has 0 atom stereocenters. The molecule has 0 bridgehead atoms. The van der Waals surface area contributed by atoms with Crippen LogP contribution >= 0.6 is 34.8 Å².